The molecule has 0 radical (unpaired) electrons. The van der Waals surface area contributed by atoms with E-state index in [1.165, 1.54) is 11.1 Å². The summed E-state index contributed by atoms with van der Waals surface area (Å²) in [5.74, 6) is 1.00. The van der Waals surface area contributed by atoms with Gasteiger partial charge in [0.15, 0.2) is 0 Å². The predicted molar refractivity (Wildman–Crippen MR) is 91.8 cm³/mol. The van der Waals surface area contributed by atoms with Crippen LogP contribution < -0.4 is 4.74 Å². The summed E-state index contributed by atoms with van der Waals surface area (Å²) in [7, 11) is 0. The molecule has 1 heterocycles. The average molecular weight is 305 g/mol. The smallest absolute Gasteiger partial charge is 0.122 e. The molecule has 2 atom stereocenters. The molecule has 1 aromatic carbocycles. The van der Waals surface area contributed by atoms with Gasteiger partial charge in [-0.05, 0) is 43.4 Å². The van der Waals surface area contributed by atoms with Crippen molar-refractivity contribution in [1.29, 1.82) is 0 Å². The molecule has 2 rings (SSSR count). The maximum absolute atomic E-state index is 6.00. The van der Waals surface area contributed by atoms with Gasteiger partial charge in [0.05, 0.1) is 12.2 Å². The summed E-state index contributed by atoms with van der Waals surface area (Å²) in [4.78, 5) is 2.43. The van der Waals surface area contributed by atoms with Gasteiger partial charge in [-0.2, -0.15) is 0 Å². The topological polar surface area (TPSA) is 21.7 Å². The van der Waals surface area contributed by atoms with Crippen LogP contribution in [-0.2, 0) is 10.2 Å². The number of hydrogen-bond donors (Lipinski definition) is 0. The van der Waals surface area contributed by atoms with E-state index in [0.29, 0.717) is 12.2 Å². The molecule has 0 N–H and O–H groups in total. The highest BCUT2D eigenvalue weighted by atomic mass is 16.5. The van der Waals surface area contributed by atoms with Crippen LogP contribution in [0.2, 0.25) is 0 Å². The van der Waals surface area contributed by atoms with Crippen molar-refractivity contribution in [2.24, 2.45) is 0 Å². The Balaban J connectivity index is 1.87. The lowest BCUT2D eigenvalue weighted by molar-refractivity contribution is -0.0699. The number of nitrogens with zero attached hydrogens (tertiary/aromatic N) is 1. The summed E-state index contributed by atoms with van der Waals surface area (Å²) in [5, 5.41) is 0. The summed E-state index contributed by atoms with van der Waals surface area (Å²) in [6.07, 6.45) is 0.633. The second-order valence-corrected chi connectivity index (χ2v) is 7.60. The Labute approximate surface area is 135 Å². The standard InChI is InChI=1S/C19H31NO2/c1-14-11-17(19(4,5)6)7-8-18(14)21-10-9-20-12-15(2)22-16(3)13-20/h7-8,11,15-16H,9-10,12-13H2,1-6H3/t15-,16-/m1/s1. The molecule has 0 spiro atoms. The Morgan fingerprint density at radius 3 is 2.36 bits per heavy atom. The van der Waals surface area contributed by atoms with Gasteiger partial charge in [0, 0.05) is 19.6 Å². The first kappa shape index (κ1) is 17.3. The highest BCUT2D eigenvalue weighted by Crippen LogP contribution is 2.27. The summed E-state index contributed by atoms with van der Waals surface area (Å²) in [6.45, 7) is 16.8. The maximum Gasteiger partial charge on any atom is 0.122 e. The number of rotatable bonds is 4. The molecule has 1 aromatic rings. The van der Waals surface area contributed by atoms with E-state index in [4.69, 9.17) is 9.47 Å². The van der Waals surface area contributed by atoms with E-state index < -0.39 is 0 Å². The molecule has 1 saturated heterocycles. The van der Waals surface area contributed by atoms with Crippen LogP contribution in [0.15, 0.2) is 18.2 Å². The highest BCUT2D eigenvalue weighted by molar-refractivity contribution is 5.38. The molecule has 3 nitrogen and oxygen atoms in total. The summed E-state index contributed by atoms with van der Waals surface area (Å²) < 4.78 is 11.8. The molecule has 1 fully saturated rings. The Hall–Kier alpha value is -1.06. The molecule has 0 unspecified atom stereocenters. The van der Waals surface area contributed by atoms with E-state index in [9.17, 15) is 0 Å². The van der Waals surface area contributed by atoms with Crippen molar-refractivity contribution in [3.63, 3.8) is 0 Å². The monoisotopic (exact) mass is 305 g/mol. The number of morpholine rings is 1. The van der Waals surface area contributed by atoms with Crippen LogP contribution in [-0.4, -0.2) is 43.3 Å². The number of aryl methyl sites for hydroxylation is 1. The molecule has 0 bridgehead atoms. The fourth-order valence-electron chi connectivity index (χ4n) is 3.03. The minimum Gasteiger partial charge on any atom is -0.492 e. The molecule has 0 amide bonds. The lowest BCUT2D eigenvalue weighted by Crippen LogP contribution is -2.46. The fraction of sp³-hybridized carbons (Fsp3) is 0.684. The predicted octanol–water partition coefficient (Wildman–Crippen LogP) is 3.78. The Morgan fingerprint density at radius 1 is 1.18 bits per heavy atom. The molecule has 0 aliphatic carbocycles. The second kappa shape index (κ2) is 7.01. The largest absolute Gasteiger partial charge is 0.492 e. The molecule has 124 valence electrons. The Kier molecular flexibility index (Phi) is 5.51. The van der Waals surface area contributed by atoms with Crippen LogP contribution in [0, 0.1) is 6.92 Å². The summed E-state index contributed by atoms with van der Waals surface area (Å²) >= 11 is 0. The van der Waals surface area contributed by atoms with Crippen molar-refractivity contribution in [1.82, 2.24) is 4.90 Å². The summed E-state index contributed by atoms with van der Waals surface area (Å²) in [5.41, 5.74) is 2.76. The minimum absolute atomic E-state index is 0.184. The lowest BCUT2D eigenvalue weighted by atomic mass is 9.86. The van der Waals surface area contributed by atoms with Gasteiger partial charge in [0.25, 0.3) is 0 Å². The van der Waals surface area contributed by atoms with Crippen LogP contribution in [0.3, 0.4) is 0 Å². The van der Waals surface area contributed by atoms with Crippen LogP contribution >= 0.6 is 0 Å². The zero-order valence-corrected chi connectivity index (χ0v) is 15.0. The molecular weight excluding hydrogens is 274 g/mol. The first-order valence-electron chi connectivity index (χ1n) is 8.37. The van der Waals surface area contributed by atoms with Gasteiger partial charge in [0.1, 0.15) is 12.4 Å². The molecular formula is C19H31NO2. The van der Waals surface area contributed by atoms with Crippen molar-refractivity contribution in [3.8, 4) is 5.75 Å². The number of hydrogen-bond acceptors (Lipinski definition) is 3. The van der Waals surface area contributed by atoms with Crippen molar-refractivity contribution < 1.29 is 9.47 Å². The molecule has 1 aliphatic heterocycles. The third kappa shape index (κ3) is 4.72. The van der Waals surface area contributed by atoms with Crippen molar-refractivity contribution in [3.05, 3.63) is 29.3 Å². The molecule has 3 heteroatoms. The van der Waals surface area contributed by atoms with Crippen LogP contribution in [0.25, 0.3) is 0 Å². The van der Waals surface area contributed by atoms with Gasteiger partial charge in [0.2, 0.25) is 0 Å². The Morgan fingerprint density at radius 2 is 1.82 bits per heavy atom. The van der Waals surface area contributed by atoms with Crippen molar-refractivity contribution >= 4 is 0 Å². The Bertz CT molecular complexity index is 483. The molecule has 1 aliphatic rings. The van der Waals surface area contributed by atoms with Crippen LogP contribution in [0.4, 0.5) is 0 Å². The van der Waals surface area contributed by atoms with Crippen molar-refractivity contribution in [2.45, 2.75) is 59.2 Å². The first-order chi connectivity index (χ1) is 10.3. The third-order valence-corrected chi connectivity index (χ3v) is 4.20. The quantitative estimate of drug-likeness (QED) is 0.845. The molecule has 22 heavy (non-hydrogen) atoms. The van der Waals surface area contributed by atoms with Crippen molar-refractivity contribution in [2.75, 3.05) is 26.2 Å². The van der Waals surface area contributed by atoms with Gasteiger partial charge in [-0.1, -0.05) is 32.9 Å². The van der Waals surface area contributed by atoms with Crippen LogP contribution in [0.5, 0.6) is 5.75 Å². The molecule has 0 aromatic heterocycles. The zero-order chi connectivity index (χ0) is 16.3. The van der Waals surface area contributed by atoms with Crippen LogP contribution in [0.1, 0.15) is 45.7 Å². The summed E-state index contributed by atoms with van der Waals surface area (Å²) in [6, 6.07) is 6.54. The highest BCUT2D eigenvalue weighted by Gasteiger charge is 2.21. The van der Waals surface area contributed by atoms with E-state index in [1.807, 2.05) is 0 Å². The maximum atomic E-state index is 6.00. The zero-order valence-electron chi connectivity index (χ0n) is 15.0. The fourth-order valence-corrected chi connectivity index (χ4v) is 3.03. The van der Waals surface area contributed by atoms with Gasteiger partial charge < -0.3 is 9.47 Å². The number of benzene rings is 1. The average Bonchev–Trinajstić information content (AvgIpc) is 2.38. The lowest BCUT2D eigenvalue weighted by Gasteiger charge is -2.35. The number of ether oxygens (including phenoxy) is 2. The first-order valence-corrected chi connectivity index (χ1v) is 8.37. The van der Waals surface area contributed by atoms with Gasteiger partial charge >= 0.3 is 0 Å². The van der Waals surface area contributed by atoms with E-state index >= 15 is 0 Å². The van der Waals surface area contributed by atoms with Gasteiger partial charge in [-0.15, -0.1) is 0 Å². The molecule has 0 saturated carbocycles. The minimum atomic E-state index is 0.184. The van der Waals surface area contributed by atoms with Gasteiger partial charge in [-0.25, -0.2) is 0 Å². The SMILES string of the molecule is Cc1cc(C(C)(C)C)ccc1OCCN1C[C@@H](C)O[C@H](C)C1. The van der Waals surface area contributed by atoms with E-state index in [2.05, 4.69) is 64.6 Å². The normalized spacial score (nSPS) is 23.5. The second-order valence-electron chi connectivity index (χ2n) is 7.60. The van der Waals surface area contributed by atoms with E-state index in [0.717, 1.165) is 32.0 Å². The van der Waals surface area contributed by atoms with E-state index in [1.54, 1.807) is 0 Å². The van der Waals surface area contributed by atoms with Gasteiger partial charge in [-0.3, -0.25) is 4.90 Å². The van der Waals surface area contributed by atoms with E-state index in [-0.39, 0.29) is 5.41 Å². The third-order valence-electron chi connectivity index (χ3n) is 4.20.